The number of rotatable bonds is 5. The van der Waals surface area contributed by atoms with E-state index < -0.39 is 0 Å². The average molecular weight is 419 g/mol. The van der Waals surface area contributed by atoms with Gasteiger partial charge in [0.2, 0.25) is 0 Å². The van der Waals surface area contributed by atoms with Crippen LogP contribution in [0.3, 0.4) is 0 Å². The molecule has 146 valence electrons. The highest BCUT2D eigenvalue weighted by Gasteiger charge is 2.15. The maximum absolute atomic E-state index is 12.3. The minimum atomic E-state index is -0.335. The van der Waals surface area contributed by atoms with Crippen molar-refractivity contribution in [2.75, 3.05) is 10.6 Å². The standard InChI is InChI=1S/C20H20Cl2N4O2/c1-12-5-4-6-16(9-12)23-20(27)24-19-13(2)25-26(14(19)3)11-28-18-8-7-15(21)10-17(18)22/h4-10H,11H2,1-3H3,(H2,23,24,27). The number of ether oxygens (including phenoxy) is 1. The Kier molecular flexibility index (Phi) is 6.11. The van der Waals surface area contributed by atoms with E-state index in [-0.39, 0.29) is 12.8 Å². The van der Waals surface area contributed by atoms with Gasteiger partial charge in [0.15, 0.2) is 6.73 Å². The molecule has 0 atom stereocenters. The van der Waals surface area contributed by atoms with Crippen LogP contribution in [-0.2, 0) is 6.73 Å². The summed E-state index contributed by atoms with van der Waals surface area (Å²) in [6.07, 6.45) is 0. The van der Waals surface area contributed by atoms with Crippen molar-refractivity contribution >= 4 is 40.6 Å². The van der Waals surface area contributed by atoms with E-state index in [1.165, 1.54) is 0 Å². The zero-order valence-corrected chi connectivity index (χ0v) is 17.2. The molecule has 0 bridgehead atoms. The second-order valence-corrected chi connectivity index (χ2v) is 7.19. The number of carbonyl (C=O) groups is 1. The number of amides is 2. The number of anilines is 2. The lowest BCUT2D eigenvalue weighted by Gasteiger charge is -2.11. The molecule has 3 aromatic rings. The van der Waals surface area contributed by atoms with E-state index in [4.69, 9.17) is 27.9 Å². The van der Waals surface area contributed by atoms with Crippen LogP contribution in [0.25, 0.3) is 0 Å². The van der Waals surface area contributed by atoms with Crippen LogP contribution in [0.15, 0.2) is 42.5 Å². The Morgan fingerprint density at radius 3 is 2.61 bits per heavy atom. The van der Waals surface area contributed by atoms with Gasteiger partial charge in [-0.2, -0.15) is 5.10 Å². The van der Waals surface area contributed by atoms with Gasteiger partial charge in [0.1, 0.15) is 5.75 Å². The van der Waals surface area contributed by atoms with Crippen LogP contribution in [0.1, 0.15) is 17.0 Å². The number of benzene rings is 2. The van der Waals surface area contributed by atoms with E-state index in [2.05, 4.69) is 15.7 Å². The number of aryl methyl sites for hydroxylation is 2. The smallest absolute Gasteiger partial charge is 0.323 e. The van der Waals surface area contributed by atoms with Crippen LogP contribution < -0.4 is 15.4 Å². The van der Waals surface area contributed by atoms with Crippen molar-refractivity contribution in [3.63, 3.8) is 0 Å². The second-order valence-electron chi connectivity index (χ2n) is 6.34. The van der Waals surface area contributed by atoms with Gasteiger partial charge < -0.3 is 15.4 Å². The highest BCUT2D eigenvalue weighted by atomic mass is 35.5. The Morgan fingerprint density at radius 1 is 1.11 bits per heavy atom. The Labute approximate surface area is 173 Å². The van der Waals surface area contributed by atoms with Gasteiger partial charge in [0.05, 0.1) is 22.1 Å². The topological polar surface area (TPSA) is 68.2 Å². The van der Waals surface area contributed by atoms with Crippen LogP contribution >= 0.6 is 23.2 Å². The predicted octanol–water partition coefficient (Wildman–Crippen LogP) is 5.80. The minimum Gasteiger partial charge on any atom is -0.470 e. The van der Waals surface area contributed by atoms with Crippen molar-refractivity contribution < 1.29 is 9.53 Å². The molecule has 0 saturated carbocycles. The molecule has 0 aliphatic rings. The summed E-state index contributed by atoms with van der Waals surface area (Å²) in [6.45, 7) is 5.79. The molecule has 1 aromatic heterocycles. The molecule has 0 unspecified atom stereocenters. The molecule has 0 aliphatic heterocycles. The largest absolute Gasteiger partial charge is 0.470 e. The molecule has 3 rings (SSSR count). The summed E-state index contributed by atoms with van der Waals surface area (Å²) in [4.78, 5) is 12.3. The van der Waals surface area contributed by atoms with Gasteiger partial charge in [-0.25, -0.2) is 9.48 Å². The number of urea groups is 1. The third-order valence-corrected chi connectivity index (χ3v) is 4.66. The molecule has 0 aliphatic carbocycles. The highest BCUT2D eigenvalue weighted by molar-refractivity contribution is 6.35. The number of hydrogen-bond donors (Lipinski definition) is 2. The third-order valence-electron chi connectivity index (χ3n) is 4.13. The molecule has 0 fully saturated rings. The molecule has 1 heterocycles. The summed E-state index contributed by atoms with van der Waals surface area (Å²) in [5.41, 5.74) is 3.87. The number of nitrogens with one attached hydrogen (secondary N) is 2. The van der Waals surface area contributed by atoms with Gasteiger partial charge in [-0.1, -0.05) is 35.3 Å². The average Bonchev–Trinajstić information content (AvgIpc) is 2.88. The molecule has 0 saturated heterocycles. The first-order chi connectivity index (χ1) is 13.3. The molecule has 2 N–H and O–H groups in total. The molecule has 2 aromatic carbocycles. The number of halogens is 2. The fourth-order valence-electron chi connectivity index (χ4n) is 2.73. The normalized spacial score (nSPS) is 10.6. The summed E-state index contributed by atoms with van der Waals surface area (Å²) in [5, 5.41) is 11.1. The molecular formula is C20H20Cl2N4O2. The zero-order valence-electron chi connectivity index (χ0n) is 15.7. The van der Waals surface area contributed by atoms with E-state index in [1.54, 1.807) is 22.9 Å². The fraction of sp³-hybridized carbons (Fsp3) is 0.200. The molecule has 6 nitrogen and oxygen atoms in total. The van der Waals surface area contributed by atoms with Crippen molar-refractivity contribution in [3.8, 4) is 5.75 Å². The summed E-state index contributed by atoms with van der Waals surface area (Å²) >= 11 is 12.0. The third kappa shape index (κ3) is 4.77. The lowest BCUT2D eigenvalue weighted by atomic mass is 10.2. The molecule has 0 radical (unpaired) electrons. The first kappa shape index (κ1) is 20.0. The van der Waals surface area contributed by atoms with E-state index in [1.807, 2.05) is 45.0 Å². The molecule has 8 heteroatoms. The Hall–Kier alpha value is -2.70. The Bertz CT molecular complexity index is 1020. The molecule has 28 heavy (non-hydrogen) atoms. The van der Waals surface area contributed by atoms with E-state index in [0.29, 0.717) is 27.2 Å². The molecule has 2 amide bonds. The summed E-state index contributed by atoms with van der Waals surface area (Å²) < 4.78 is 7.38. The van der Waals surface area contributed by atoms with Crippen LogP contribution in [0.4, 0.5) is 16.2 Å². The number of aromatic nitrogens is 2. The maximum atomic E-state index is 12.3. The van der Waals surface area contributed by atoms with Crippen molar-refractivity contribution in [1.29, 1.82) is 0 Å². The van der Waals surface area contributed by atoms with Gasteiger partial charge in [0, 0.05) is 10.7 Å². The summed E-state index contributed by atoms with van der Waals surface area (Å²) in [7, 11) is 0. The minimum absolute atomic E-state index is 0.148. The lowest BCUT2D eigenvalue weighted by Crippen LogP contribution is -2.20. The monoisotopic (exact) mass is 418 g/mol. The maximum Gasteiger partial charge on any atom is 0.323 e. The van der Waals surface area contributed by atoms with Crippen molar-refractivity contribution in [1.82, 2.24) is 9.78 Å². The highest BCUT2D eigenvalue weighted by Crippen LogP contribution is 2.28. The van der Waals surface area contributed by atoms with Crippen LogP contribution in [0.5, 0.6) is 5.75 Å². The number of nitrogens with zero attached hydrogens (tertiary/aromatic N) is 2. The number of carbonyl (C=O) groups excluding carboxylic acids is 1. The first-order valence-electron chi connectivity index (χ1n) is 8.60. The predicted molar refractivity (Wildman–Crippen MR) is 113 cm³/mol. The molecule has 0 spiro atoms. The van der Waals surface area contributed by atoms with Crippen LogP contribution in [0, 0.1) is 20.8 Å². The zero-order chi connectivity index (χ0) is 20.3. The quantitative estimate of drug-likeness (QED) is 0.550. The first-order valence-corrected chi connectivity index (χ1v) is 9.35. The second kappa shape index (κ2) is 8.54. The van der Waals surface area contributed by atoms with Gasteiger partial charge in [-0.15, -0.1) is 0 Å². The fourth-order valence-corrected chi connectivity index (χ4v) is 3.19. The Balaban J connectivity index is 1.68. The van der Waals surface area contributed by atoms with E-state index in [0.717, 1.165) is 16.9 Å². The SMILES string of the molecule is Cc1cccc(NC(=O)Nc2c(C)nn(COc3ccc(Cl)cc3Cl)c2C)c1. The van der Waals surface area contributed by atoms with Crippen molar-refractivity contribution in [2.45, 2.75) is 27.5 Å². The summed E-state index contributed by atoms with van der Waals surface area (Å²) in [6, 6.07) is 12.3. The van der Waals surface area contributed by atoms with Crippen LogP contribution in [0.2, 0.25) is 10.0 Å². The molecular weight excluding hydrogens is 399 g/mol. The van der Waals surface area contributed by atoms with Gasteiger partial charge in [-0.3, -0.25) is 0 Å². The van der Waals surface area contributed by atoms with Crippen molar-refractivity contribution in [2.24, 2.45) is 0 Å². The van der Waals surface area contributed by atoms with Gasteiger partial charge >= 0.3 is 6.03 Å². The van der Waals surface area contributed by atoms with E-state index >= 15 is 0 Å². The Morgan fingerprint density at radius 2 is 1.89 bits per heavy atom. The lowest BCUT2D eigenvalue weighted by molar-refractivity contribution is 0.218. The number of hydrogen-bond acceptors (Lipinski definition) is 3. The van der Waals surface area contributed by atoms with Gasteiger partial charge in [0.25, 0.3) is 0 Å². The van der Waals surface area contributed by atoms with Crippen LogP contribution in [-0.4, -0.2) is 15.8 Å². The summed E-state index contributed by atoms with van der Waals surface area (Å²) in [5.74, 6) is 0.505. The van der Waals surface area contributed by atoms with Gasteiger partial charge in [-0.05, 0) is 56.7 Å². The van der Waals surface area contributed by atoms with E-state index in [9.17, 15) is 4.79 Å². The van der Waals surface area contributed by atoms with Crippen molar-refractivity contribution in [3.05, 3.63) is 69.5 Å².